The SMILES string of the molecule is CCC1(O)CC2c3cc(OC)c(OC)cc3CCN2CC1CC(C)C.Cl. The van der Waals surface area contributed by atoms with Gasteiger partial charge in [0, 0.05) is 25.0 Å². The van der Waals surface area contributed by atoms with Crippen molar-refractivity contribution in [2.45, 2.75) is 58.1 Å². The predicted molar refractivity (Wildman–Crippen MR) is 108 cm³/mol. The number of halogens is 1. The molecule has 148 valence electrons. The first-order valence-electron chi connectivity index (χ1n) is 9.63. The zero-order valence-corrected chi connectivity index (χ0v) is 17.6. The van der Waals surface area contributed by atoms with Crippen LogP contribution in [0.4, 0.5) is 0 Å². The van der Waals surface area contributed by atoms with E-state index < -0.39 is 5.60 Å². The summed E-state index contributed by atoms with van der Waals surface area (Å²) in [7, 11) is 3.37. The van der Waals surface area contributed by atoms with Crippen molar-refractivity contribution in [1.82, 2.24) is 4.90 Å². The maximum Gasteiger partial charge on any atom is 0.161 e. The van der Waals surface area contributed by atoms with Gasteiger partial charge in [0.15, 0.2) is 11.5 Å². The fraction of sp³-hybridized carbons (Fsp3) is 0.714. The number of nitrogens with zero attached hydrogens (tertiary/aromatic N) is 1. The molecule has 0 aromatic heterocycles. The van der Waals surface area contributed by atoms with Crippen LogP contribution >= 0.6 is 12.4 Å². The number of ether oxygens (including phenoxy) is 2. The van der Waals surface area contributed by atoms with Gasteiger partial charge in [0.1, 0.15) is 0 Å². The Morgan fingerprint density at radius 3 is 2.46 bits per heavy atom. The molecule has 26 heavy (non-hydrogen) atoms. The Hall–Kier alpha value is -0.970. The van der Waals surface area contributed by atoms with E-state index in [1.54, 1.807) is 14.2 Å². The van der Waals surface area contributed by atoms with Crippen molar-refractivity contribution in [3.8, 4) is 11.5 Å². The largest absolute Gasteiger partial charge is 0.493 e. The van der Waals surface area contributed by atoms with Gasteiger partial charge in [0.2, 0.25) is 0 Å². The Balaban J connectivity index is 0.00000243. The first kappa shape index (κ1) is 21.3. The van der Waals surface area contributed by atoms with E-state index in [0.29, 0.717) is 11.8 Å². The average molecular weight is 384 g/mol. The van der Waals surface area contributed by atoms with Crippen LogP contribution in [0.5, 0.6) is 11.5 Å². The van der Waals surface area contributed by atoms with Gasteiger partial charge in [-0.25, -0.2) is 0 Å². The van der Waals surface area contributed by atoms with E-state index in [2.05, 4.69) is 37.8 Å². The molecule has 3 rings (SSSR count). The molecule has 0 spiro atoms. The summed E-state index contributed by atoms with van der Waals surface area (Å²) >= 11 is 0. The van der Waals surface area contributed by atoms with Crippen molar-refractivity contribution in [2.24, 2.45) is 11.8 Å². The second-order valence-electron chi connectivity index (χ2n) is 8.15. The minimum atomic E-state index is -0.576. The molecule has 5 heteroatoms. The monoisotopic (exact) mass is 383 g/mol. The van der Waals surface area contributed by atoms with E-state index in [1.165, 1.54) is 11.1 Å². The van der Waals surface area contributed by atoms with Gasteiger partial charge in [-0.15, -0.1) is 12.4 Å². The summed E-state index contributed by atoms with van der Waals surface area (Å²) in [6.45, 7) is 8.68. The number of piperidine rings is 1. The molecule has 0 aliphatic carbocycles. The summed E-state index contributed by atoms with van der Waals surface area (Å²) in [5.74, 6) is 2.55. The number of hydrogen-bond acceptors (Lipinski definition) is 4. The van der Waals surface area contributed by atoms with E-state index in [0.717, 1.165) is 50.3 Å². The summed E-state index contributed by atoms with van der Waals surface area (Å²) in [4.78, 5) is 2.57. The lowest BCUT2D eigenvalue weighted by molar-refractivity contribution is -0.105. The Kier molecular flexibility index (Phi) is 6.86. The van der Waals surface area contributed by atoms with Crippen molar-refractivity contribution in [1.29, 1.82) is 0 Å². The van der Waals surface area contributed by atoms with Crippen LogP contribution in [0.15, 0.2) is 12.1 Å². The van der Waals surface area contributed by atoms with E-state index in [-0.39, 0.29) is 18.4 Å². The second kappa shape index (κ2) is 8.37. The van der Waals surface area contributed by atoms with E-state index in [9.17, 15) is 5.11 Å². The fourth-order valence-corrected chi connectivity index (χ4v) is 4.79. The van der Waals surface area contributed by atoms with Crippen molar-refractivity contribution in [3.63, 3.8) is 0 Å². The molecule has 1 saturated heterocycles. The number of aliphatic hydroxyl groups is 1. The van der Waals surface area contributed by atoms with Gasteiger partial charge in [-0.2, -0.15) is 0 Å². The zero-order valence-electron chi connectivity index (χ0n) is 16.7. The summed E-state index contributed by atoms with van der Waals surface area (Å²) in [6, 6.07) is 4.53. The normalized spacial score (nSPS) is 28.1. The lowest BCUT2D eigenvalue weighted by Gasteiger charge is -2.51. The van der Waals surface area contributed by atoms with Gasteiger partial charge in [-0.3, -0.25) is 4.90 Å². The maximum atomic E-state index is 11.4. The number of benzene rings is 1. The molecule has 1 aromatic carbocycles. The topological polar surface area (TPSA) is 41.9 Å². The highest BCUT2D eigenvalue weighted by Crippen LogP contribution is 2.47. The molecule has 3 atom stereocenters. The molecule has 3 unspecified atom stereocenters. The van der Waals surface area contributed by atoms with E-state index in [4.69, 9.17) is 9.47 Å². The summed E-state index contributed by atoms with van der Waals surface area (Å²) in [5.41, 5.74) is 2.06. The van der Waals surface area contributed by atoms with Gasteiger partial charge in [0.05, 0.1) is 19.8 Å². The number of hydrogen-bond donors (Lipinski definition) is 1. The first-order valence-corrected chi connectivity index (χ1v) is 9.63. The Labute approximate surface area is 164 Å². The quantitative estimate of drug-likeness (QED) is 0.826. The molecule has 0 saturated carbocycles. The standard InChI is InChI=1S/C21H33NO3.ClH/c1-6-21(23)12-18-17-11-20(25-5)19(24-4)10-15(17)7-8-22(18)13-16(21)9-14(2)3;/h10-11,14,16,18,23H,6-9,12-13H2,1-5H3;1H. The molecule has 2 heterocycles. The van der Waals surface area contributed by atoms with E-state index >= 15 is 0 Å². The lowest BCUT2D eigenvalue weighted by Crippen LogP contribution is -2.54. The van der Waals surface area contributed by atoms with Gasteiger partial charge in [0.25, 0.3) is 0 Å². The summed E-state index contributed by atoms with van der Waals surface area (Å²) < 4.78 is 11.0. The molecular weight excluding hydrogens is 350 g/mol. The first-order chi connectivity index (χ1) is 11.9. The van der Waals surface area contributed by atoms with E-state index in [1.807, 2.05) is 0 Å². The Morgan fingerprint density at radius 1 is 1.23 bits per heavy atom. The van der Waals surface area contributed by atoms with Crippen molar-refractivity contribution >= 4 is 12.4 Å². The van der Waals surface area contributed by atoms with Gasteiger partial charge >= 0.3 is 0 Å². The van der Waals surface area contributed by atoms with Crippen LogP contribution in [0, 0.1) is 11.8 Å². The van der Waals surface area contributed by atoms with Crippen LogP contribution in [-0.4, -0.2) is 42.9 Å². The summed E-state index contributed by atoms with van der Waals surface area (Å²) in [6.07, 6.45) is 3.75. The average Bonchev–Trinajstić information content (AvgIpc) is 2.60. The van der Waals surface area contributed by atoms with Crippen molar-refractivity contribution in [2.75, 3.05) is 27.3 Å². The molecule has 0 bridgehead atoms. The van der Waals surface area contributed by atoms with Gasteiger partial charge < -0.3 is 14.6 Å². The minimum absolute atomic E-state index is 0. The number of methoxy groups -OCH3 is 2. The summed E-state index contributed by atoms with van der Waals surface area (Å²) in [5, 5.41) is 11.4. The molecule has 4 nitrogen and oxygen atoms in total. The number of fused-ring (bicyclic) bond motifs is 3. The van der Waals surface area contributed by atoms with Crippen molar-refractivity contribution in [3.05, 3.63) is 23.3 Å². The fourth-order valence-electron chi connectivity index (χ4n) is 4.79. The highest BCUT2D eigenvalue weighted by atomic mass is 35.5. The van der Waals surface area contributed by atoms with Crippen LogP contribution in [0.3, 0.4) is 0 Å². The highest BCUT2D eigenvalue weighted by Gasteiger charge is 2.46. The zero-order chi connectivity index (χ0) is 18.2. The molecular formula is C21H34ClNO3. The maximum absolute atomic E-state index is 11.4. The number of rotatable bonds is 5. The molecule has 2 aliphatic rings. The van der Waals surface area contributed by atoms with Gasteiger partial charge in [-0.05, 0) is 54.9 Å². The highest BCUT2D eigenvalue weighted by molar-refractivity contribution is 5.85. The van der Waals surface area contributed by atoms with Crippen LogP contribution in [-0.2, 0) is 6.42 Å². The van der Waals surface area contributed by atoms with Crippen molar-refractivity contribution < 1.29 is 14.6 Å². The third kappa shape index (κ3) is 3.83. The third-order valence-electron chi connectivity index (χ3n) is 6.24. The second-order valence-corrected chi connectivity index (χ2v) is 8.15. The molecule has 0 amide bonds. The smallest absolute Gasteiger partial charge is 0.161 e. The molecule has 1 aromatic rings. The van der Waals surface area contributed by atoms with Gasteiger partial charge in [-0.1, -0.05) is 20.8 Å². The molecule has 2 aliphatic heterocycles. The molecule has 0 radical (unpaired) electrons. The third-order valence-corrected chi connectivity index (χ3v) is 6.24. The predicted octanol–water partition coefficient (Wildman–Crippen LogP) is 4.23. The van der Waals surface area contributed by atoms with Crippen LogP contribution in [0.2, 0.25) is 0 Å². The van der Waals surface area contributed by atoms with Crippen LogP contribution in [0.1, 0.15) is 57.2 Å². The lowest BCUT2D eigenvalue weighted by atomic mass is 9.70. The van der Waals surface area contributed by atoms with Crippen LogP contribution in [0.25, 0.3) is 0 Å². The minimum Gasteiger partial charge on any atom is -0.493 e. The molecule has 1 fully saturated rings. The Bertz CT molecular complexity index is 622. The molecule has 1 N–H and O–H groups in total. The Morgan fingerprint density at radius 2 is 1.88 bits per heavy atom. The van der Waals surface area contributed by atoms with Crippen LogP contribution < -0.4 is 9.47 Å².